The number of nitrogen functional groups attached to an aromatic ring is 1. The Morgan fingerprint density at radius 2 is 2.00 bits per heavy atom. The molecule has 18 heavy (non-hydrogen) atoms. The minimum atomic E-state index is 0.00287. The summed E-state index contributed by atoms with van der Waals surface area (Å²) in [5, 5.41) is 13.2. The number of oxazole rings is 1. The highest BCUT2D eigenvalue weighted by Gasteiger charge is 2.19. The first-order valence-electron chi connectivity index (χ1n) is 5.40. The molecule has 0 radical (unpaired) electrons. The lowest BCUT2D eigenvalue weighted by molar-refractivity contribution is 0.430. The summed E-state index contributed by atoms with van der Waals surface area (Å²) in [5.74, 6) is 0.795. The highest BCUT2D eigenvalue weighted by Crippen LogP contribution is 2.31. The Morgan fingerprint density at radius 3 is 2.50 bits per heavy atom. The first-order valence-corrected chi connectivity index (χ1v) is 6.21. The molecule has 6 nitrogen and oxygen atoms in total. The molecule has 0 saturated heterocycles. The van der Waals surface area contributed by atoms with Crippen LogP contribution < -0.4 is 5.73 Å². The van der Waals surface area contributed by atoms with Crippen molar-refractivity contribution in [3.8, 4) is 0 Å². The molecule has 2 rings (SSSR count). The first kappa shape index (κ1) is 12.7. The normalized spacial score (nSPS) is 10.9. The first-order chi connectivity index (χ1) is 8.40. The Balaban J connectivity index is 2.42. The number of nitrogens with zero attached hydrogens (tertiary/aromatic N) is 3. The van der Waals surface area contributed by atoms with Crippen LogP contribution >= 0.6 is 11.8 Å². The highest BCUT2D eigenvalue weighted by molar-refractivity contribution is 7.99. The van der Waals surface area contributed by atoms with Gasteiger partial charge >= 0.3 is 0 Å². The van der Waals surface area contributed by atoms with E-state index in [9.17, 15) is 0 Å². The molecule has 0 saturated carbocycles. The molecule has 0 fully saturated rings. The van der Waals surface area contributed by atoms with Crippen molar-refractivity contribution in [2.75, 3.05) is 0 Å². The number of hydrogen-bond acceptors (Lipinski definition) is 5. The van der Waals surface area contributed by atoms with Gasteiger partial charge in [-0.25, -0.2) is 4.98 Å². The second-order valence-electron chi connectivity index (χ2n) is 4.03. The Kier molecular flexibility index (Phi) is 3.16. The van der Waals surface area contributed by atoms with Crippen molar-refractivity contribution in [1.82, 2.24) is 14.8 Å². The molecule has 3 N–H and O–H groups in total. The Hall–Kier alpha value is -1.76. The standard InChI is InChI=1S/C11H15N5OS/c1-5-7(3)17-11(14-5)18-10-8(9(12)13)6(2)15-16(10)4/h1-4H3,(H3,12,13). The fourth-order valence-electron chi connectivity index (χ4n) is 1.63. The third-order valence-electron chi connectivity index (χ3n) is 2.63. The summed E-state index contributed by atoms with van der Waals surface area (Å²) in [4.78, 5) is 4.30. The molecule has 0 atom stereocenters. The van der Waals surface area contributed by atoms with Gasteiger partial charge in [0, 0.05) is 7.05 Å². The van der Waals surface area contributed by atoms with E-state index in [-0.39, 0.29) is 5.84 Å². The van der Waals surface area contributed by atoms with E-state index in [4.69, 9.17) is 15.6 Å². The van der Waals surface area contributed by atoms with Crippen molar-refractivity contribution in [2.24, 2.45) is 12.8 Å². The Labute approximate surface area is 109 Å². The second kappa shape index (κ2) is 4.49. The molecule has 0 amide bonds. The minimum absolute atomic E-state index is 0.00287. The van der Waals surface area contributed by atoms with E-state index in [2.05, 4.69) is 10.1 Å². The molecule has 0 aromatic carbocycles. The number of rotatable bonds is 3. The zero-order valence-corrected chi connectivity index (χ0v) is 11.6. The number of aromatic nitrogens is 3. The minimum Gasteiger partial charge on any atom is -0.436 e. The van der Waals surface area contributed by atoms with Gasteiger partial charge in [-0.1, -0.05) is 0 Å². The zero-order valence-electron chi connectivity index (χ0n) is 10.7. The summed E-state index contributed by atoms with van der Waals surface area (Å²) < 4.78 is 7.20. The quantitative estimate of drug-likeness (QED) is 0.651. The fourth-order valence-corrected chi connectivity index (χ4v) is 2.68. The monoisotopic (exact) mass is 265 g/mol. The maximum Gasteiger partial charge on any atom is 0.262 e. The number of aryl methyl sites for hydroxylation is 4. The predicted octanol–water partition coefficient (Wildman–Crippen LogP) is 1.77. The average Bonchev–Trinajstić information content (AvgIpc) is 2.69. The zero-order chi connectivity index (χ0) is 13.4. The third kappa shape index (κ3) is 2.13. The molecule has 2 heterocycles. The second-order valence-corrected chi connectivity index (χ2v) is 4.97. The molecule has 96 valence electrons. The van der Waals surface area contributed by atoms with Crippen LogP contribution in [0.4, 0.5) is 0 Å². The summed E-state index contributed by atoms with van der Waals surface area (Å²) in [6.45, 7) is 5.59. The number of nitrogens with one attached hydrogen (secondary N) is 1. The van der Waals surface area contributed by atoms with Crippen LogP contribution in [0.15, 0.2) is 14.7 Å². The van der Waals surface area contributed by atoms with Crippen molar-refractivity contribution >= 4 is 17.6 Å². The van der Waals surface area contributed by atoms with Gasteiger partial charge in [-0.15, -0.1) is 0 Å². The van der Waals surface area contributed by atoms with Crippen molar-refractivity contribution in [1.29, 1.82) is 5.41 Å². The van der Waals surface area contributed by atoms with Gasteiger partial charge in [0.25, 0.3) is 5.22 Å². The van der Waals surface area contributed by atoms with Crippen molar-refractivity contribution in [3.63, 3.8) is 0 Å². The van der Waals surface area contributed by atoms with Gasteiger partial charge < -0.3 is 10.2 Å². The van der Waals surface area contributed by atoms with Crippen LogP contribution in [0.2, 0.25) is 0 Å². The molecule has 0 bridgehead atoms. The van der Waals surface area contributed by atoms with Crippen molar-refractivity contribution in [2.45, 2.75) is 31.0 Å². The molecular formula is C11H15N5OS. The fraction of sp³-hybridized carbons (Fsp3) is 0.364. The summed E-state index contributed by atoms with van der Waals surface area (Å²) in [5.41, 5.74) is 7.81. The van der Waals surface area contributed by atoms with Crippen LogP contribution in [-0.4, -0.2) is 20.6 Å². The molecule has 0 spiro atoms. The molecule has 7 heteroatoms. The molecule has 0 aliphatic heterocycles. The van der Waals surface area contributed by atoms with Gasteiger partial charge in [-0.3, -0.25) is 10.1 Å². The molecule has 0 unspecified atom stereocenters. The number of amidine groups is 1. The molecule has 2 aromatic heterocycles. The van der Waals surface area contributed by atoms with Crippen LogP contribution in [0.1, 0.15) is 22.7 Å². The van der Waals surface area contributed by atoms with E-state index in [1.165, 1.54) is 11.8 Å². The molecule has 2 aromatic rings. The maximum absolute atomic E-state index is 7.60. The lowest BCUT2D eigenvalue weighted by Crippen LogP contribution is -2.13. The van der Waals surface area contributed by atoms with Gasteiger partial charge in [0.2, 0.25) is 0 Å². The SMILES string of the molecule is Cc1nc(Sc2c(C(=N)N)c(C)nn2C)oc1C. The Bertz CT molecular complexity index is 594. The van der Waals surface area contributed by atoms with E-state index < -0.39 is 0 Å². The van der Waals surface area contributed by atoms with Crippen LogP contribution in [-0.2, 0) is 7.05 Å². The lowest BCUT2D eigenvalue weighted by Gasteiger charge is -2.01. The summed E-state index contributed by atoms with van der Waals surface area (Å²) >= 11 is 1.33. The molecule has 0 aliphatic carbocycles. The number of hydrogen-bond donors (Lipinski definition) is 2. The van der Waals surface area contributed by atoms with E-state index >= 15 is 0 Å². The van der Waals surface area contributed by atoms with Gasteiger partial charge in [-0.05, 0) is 32.5 Å². The van der Waals surface area contributed by atoms with Crippen LogP contribution in [0.5, 0.6) is 0 Å². The van der Waals surface area contributed by atoms with Gasteiger partial charge in [0.15, 0.2) is 0 Å². The molecule has 0 aliphatic rings. The van der Waals surface area contributed by atoms with Gasteiger partial charge in [-0.2, -0.15) is 5.10 Å². The van der Waals surface area contributed by atoms with Crippen LogP contribution in [0.25, 0.3) is 0 Å². The largest absolute Gasteiger partial charge is 0.436 e. The lowest BCUT2D eigenvalue weighted by atomic mass is 10.2. The predicted molar refractivity (Wildman–Crippen MR) is 69.1 cm³/mol. The van der Waals surface area contributed by atoms with Crippen molar-refractivity contribution < 1.29 is 4.42 Å². The van der Waals surface area contributed by atoms with E-state index in [1.54, 1.807) is 4.68 Å². The maximum atomic E-state index is 7.60. The van der Waals surface area contributed by atoms with E-state index in [1.807, 2.05) is 27.8 Å². The van der Waals surface area contributed by atoms with Crippen LogP contribution in [0, 0.1) is 26.2 Å². The van der Waals surface area contributed by atoms with Gasteiger partial charge in [0.05, 0.1) is 17.0 Å². The summed E-state index contributed by atoms with van der Waals surface area (Å²) in [6, 6.07) is 0. The smallest absolute Gasteiger partial charge is 0.262 e. The van der Waals surface area contributed by atoms with Gasteiger partial charge in [0.1, 0.15) is 16.6 Å². The van der Waals surface area contributed by atoms with Crippen LogP contribution in [0.3, 0.4) is 0 Å². The molecular weight excluding hydrogens is 250 g/mol. The van der Waals surface area contributed by atoms with E-state index in [0.29, 0.717) is 10.8 Å². The average molecular weight is 265 g/mol. The topological polar surface area (TPSA) is 93.7 Å². The third-order valence-corrected chi connectivity index (χ3v) is 3.64. The number of nitrogens with two attached hydrogens (primary N) is 1. The summed E-state index contributed by atoms with van der Waals surface area (Å²) in [6.07, 6.45) is 0. The van der Waals surface area contributed by atoms with E-state index in [0.717, 1.165) is 22.2 Å². The van der Waals surface area contributed by atoms with Crippen molar-refractivity contribution in [3.05, 3.63) is 22.7 Å². The Morgan fingerprint density at radius 1 is 1.33 bits per heavy atom. The summed E-state index contributed by atoms with van der Waals surface area (Å²) in [7, 11) is 1.81. The highest BCUT2D eigenvalue weighted by atomic mass is 32.2.